The molecule has 0 aliphatic heterocycles. The van der Waals surface area contributed by atoms with Crippen LogP contribution in [0.15, 0.2) is 24.3 Å². The zero-order valence-corrected chi connectivity index (χ0v) is 10.9. The minimum absolute atomic E-state index is 0.147. The number of Topliss-reactive ketones (excluding diaryl/α,β-unsaturated/α-hetero) is 1. The lowest BCUT2D eigenvalue weighted by atomic mass is 9.86. The van der Waals surface area contributed by atoms with E-state index in [0.29, 0.717) is 12.6 Å². The molecule has 1 aromatic carbocycles. The summed E-state index contributed by atoms with van der Waals surface area (Å²) in [4.78, 5) is 11.9. The number of carbonyl (C=O) groups excluding carboxylic acids is 1. The predicted octanol–water partition coefficient (Wildman–Crippen LogP) is 2.92. The smallest absolute Gasteiger partial charge is 0.176 e. The topological polar surface area (TPSA) is 29.1 Å². The first kappa shape index (κ1) is 12.3. The van der Waals surface area contributed by atoms with Crippen molar-refractivity contribution in [2.45, 2.75) is 45.1 Å². The molecule has 0 spiro atoms. The van der Waals surface area contributed by atoms with Crippen molar-refractivity contribution in [1.29, 1.82) is 0 Å². The normalized spacial score (nSPS) is 15.9. The molecule has 0 saturated heterocycles. The first-order chi connectivity index (χ1) is 7.97. The third-order valence-corrected chi connectivity index (χ3v) is 3.20. The van der Waals surface area contributed by atoms with Crippen LogP contribution in [0.1, 0.15) is 49.5 Å². The van der Waals surface area contributed by atoms with Crippen LogP contribution < -0.4 is 5.32 Å². The lowest BCUT2D eigenvalue weighted by Crippen LogP contribution is -2.24. The third kappa shape index (κ3) is 3.40. The molecular formula is C15H21NO. The maximum absolute atomic E-state index is 11.9. The Kier molecular flexibility index (Phi) is 3.34. The van der Waals surface area contributed by atoms with Crippen molar-refractivity contribution in [1.82, 2.24) is 5.32 Å². The summed E-state index contributed by atoms with van der Waals surface area (Å²) in [6.45, 7) is 7.01. The van der Waals surface area contributed by atoms with Gasteiger partial charge in [0.05, 0.1) is 6.54 Å². The molecule has 17 heavy (non-hydrogen) atoms. The van der Waals surface area contributed by atoms with Gasteiger partial charge in [-0.2, -0.15) is 0 Å². The maximum Gasteiger partial charge on any atom is 0.176 e. The number of benzene rings is 1. The first-order valence-electron chi connectivity index (χ1n) is 6.34. The van der Waals surface area contributed by atoms with Gasteiger partial charge < -0.3 is 5.32 Å². The van der Waals surface area contributed by atoms with Gasteiger partial charge in [-0.15, -0.1) is 0 Å². The molecule has 0 amide bonds. The molecule has 1 aromatic rings. The SMILES string of the molecule is CC(C)(C)c1ccc(C(=O)CNC2CC2)cc1. The van der Waals surface area contributed by atoms with Crippen molar-refractivity contribution >= 4 is 5.78 Å². The molecule has 0 atom stereocenters. The monoisotopic (exact) mass is 231 g/mol. The number of ketones is 1. The molecule has 0 unspecified atom stereocenters. The molecule has 1 saturated carbocycles. The van der Waals surface area contributed by atoms with Crippen LogP contribution in [0.5, 0.6) is 0 Å². The van der Waals surface area contributed by atoms with E-state index < -0.39 is 0 Å². The number of carbonyl (C=O) groups is 1. The maximum atomic E-state index is 11.9. The summed E-state index contributed by atoms with van der Waals surface area (Å²) in [5.74, 6) is 0.192. The number of nitrogens with one attached hydrogen (secondary N) is 1. The minimum Gasteiger partial charge on any atom is -0.307 e. The highest BCUT2D eigenvalue weighted by molar-refractivity contribution is 5.97. The van der Waals surface area contributed by atoms with Gasteiger partial charge in [0.1, 0.15) is 0 Å². The van der Waals surface area contributed by atoms with Gasteiger partial charge in [-0.25, -0.2) is 0 Å². The minimum atomic E-state index is 0.147. The zero-order chi connectivity index (χ0) is 12.5. The van der Waals surface area contributed by atoms with Crippen LogP contribution in [0.25, 0.3) is 0 Å². The number of hydrogen-bond donors (Lipinski definition) is 1. The molecule has 0 aromatic heterocycles. The van der Waals surface area contributed by atoms with Crippen LogP contribution in [0.3, 0.4) is 0 Å². The largest absolute Gasteiger partial charge is 0.307 e. The molecular weight excluding hydrogens is 210 g/mol. The molecule has 1 fully saturated rings. The lowest BCUT2D eigenvalue weighted by molar-refractivity contribution is 0.0990. The molecule has 0 radical (unpaired) electrons. The van der Waals surface area contributed by atoms with E-state index in [1.54, 1.807) is 0 Å². The van der Waals surface area contributed by atoms with E-state index in [1.807, 2.05) is 12.1 Å². The fraction of sp³-hybridized carbons (Fsp3) is 0.533. The third-order valence-electron chi connectivity index (χ3n) is 3.20. The Hall–Kier alpha value is -1.15. The highest BCUT2D eigenvalue weighted by atomic mass is 16.1. The van der Waals surface area contributed by atoms with Crippen molar-refractivity contribution in [3.05, 3.63) is 35.4 Å². The molecule has 0 heterocycles. The van der Waals surface area contributed by atoms with Crippen molar-refractivity contribution in [3.8, 4) is 0 Å². The highest BCUT2D eigenvalue weighted by Crippen LogP contribution is 2.22. The summed E-state index contributed by atoms with van der Waals surface area (Å²) in [6, 6.07) is 8.59. The second-order valence-corrected chi connectivity index (χ2v) is 5.91. The summed E-state index contributed by atoms with van der Waals surface area (Å²) in [6.07, 6.45) is 2.44. The van der Waals surface area contributed by atoms with Crippen molar-refractivity contribution in [2.75, 3.05) is 6.54 Å². The zero-order valence-electron chi connectivity index (χ0n) is 10.9. The van der Waals surface area contributed by atoms with Gasteiger partial charge in [-0.1, -0.05) is 45.0 Å². The molecule has 2 nitrogen and oxygen atoms in total. The second-order valence-electron chi connectivity index (χ2n) is 5.91. The van der Waals surface area contributed by atoms with Crippen LogP contribution in [-0.4, -0.2) is 18.4 Å². The van der Waals surface area contributed by atoms with Crippen molar-refractivity contribution in [2.24, 2.45) is 0 Å². The highest BCUT2D eigenvalue weighted by Gasteiger charge is 2.21. The van der Waals surface area contributed by atoms with Gasteiger partial charge in [0.25, 0.3) is 0 Å². The van der Waals surface area contributed by atoms with Gasteiger partial charge in [0, 0.05) is 11.6 Å². The second kappa shape index (κ2) is 4.61. The van der Waals surface area contributed by atoms with Crippen LogP contribution in [0.2, 0.25) is 0 Å². The van der Waals surface area contributed by atoms with Crippen LogP contribution >= 0.6 is 0 Å². The van der Waals surface area contributed by atoms with E-state index >= 15 is 0 Å². The Morgan fingerprint density at radius 1 is 1.24 bits per heavy atom. The van der Waals surface area contributed by atoms with Crippen LogP contribution in [-0.2, 0) is 5.41 Å². The van der Waals surface area contributed by atoms with E-state index in [9.17, 15) is 4.79 Å². The summed E-state index contributed by atoms with van der Waals surface area (Å²) >= 11 is 0. The summed E-state index contributed by atoms with van der Waals surface area (Å²) in [7, 11) is 0. The van der Waals surface area contributed by atoms with E-state index in [1.165, 1.54) is 18.4 Å². The lowest BCUT2D eigenvalue weighted by Gasteiger charge is -2.19. The average Bonchev–Trinajstić information content (AvgIpc) is 3.09. The van der Waals surface area contributed by atoms with E-state index in [-0.39, 0.29) is 11.2 Å². The quantitative estimate of drug-likeness (QED) is 0.807. The summed E-state index contributed by atoms with van der Waals surface area (Å²) < 4.78 is 0. The molecule has 2 heteroatoms. The van der Waals surface area contributed by atoms with Crippen molar-refractivity contribution < 1.29 is 4.79 Å². The Morgan fingerprint density at radius 2 is 1.82 bits per heavy atom. The van der Waals surface area contributed by atoms with Gasteiger partial charge in [-0.3, -0.25) is 4.79 Å². The Balaban J connectivity index is 1.98. The molecule has 0 bridgehead atoms. The Morgan fingerprint density at radius 3 is 2.29 bits per heavy atom. The van der Waals surface area contributed by atoms with E-state index in [4.69, 9.17) is 0 Å². The standard InChI is InChI=1S/C15H21NO/c1-15(2,3)12-6-4-11(5-7-12)14(17)10-16-13-8-9-13/h4-7,13,16H,8-10H2,1-3H3. The van der Waals surface area contributed by atoms with Crippen LogP contribution in [0, 0.1) is 0 Å². The van der Waals surface area contributed by atoms with Crippen molar-refractivity contribution in [3.63, 3.8) is 0 Å². The fourth-order valence-corrected chi connectivity index (χ4v) is 1.78. The Labute approximate surface area is 103 Å². The number of rotatable bonds is 4. The van der Waals surface area contributed by atoms with Gasteiger partial charge in [-0.05, 0) is 23.8 Å². The fourth-order valence-electron chi connectivity index (χ4n) is 1.78. The number of hydrogen-bond acceptors (Lipinski definition) is 2. The van der Waals surface area contributed by atoms with Gasteiger partial charge in [0.15, 0.2) is 5.78 Å². The van der Waals surface area contributed by atoms with Crippen LogP contribution in [0.4, 0.5) is 0 Å². The summed E-state index contributed by atoms with van der Waals surface area (Å²) in [5.41, 5.74) is 2.23. The molecule has 1 N–H and O–H groups in total. The first-order valence-corrected chi connectivity index (χ1v) is 6.34. The predicted molar refractivity (Wildman–Crippen MR) is 70.5 cm³/mol. The molecule has 92 valence electrons. The van der Waals surface area contributed by atoms with Gasteiger partial charge in [0.2, 0.25) is 0 Å². The summed E-state index contributed by atoms with van der Waals surface area (Å²) in [5, 5.41) is 3.25. The molecule has 2 rings (SSSR count). The molecule has 1 aliphatic carbocycles. The van der Waals surface area contributed by atoms with Gasteiger partial charge >= 0.3 is 0 Å². The average molecular weight is 231 g/mol. The Bertz CT molecular complexity index is 396. The van der Waals surface area contributed by atoms with E-state index in [2.05, 4.69) is 38.2 Å². The van der Waals surface area contributed by atoms with E-state index in [0.717, 1.165) is 5.56 Å². The molecule has 1 aliphatic rings.